The first-order valence-corrected chi connectivity index (χ1v) is 6.97. The summed E-state index contributed by atoms with van der Waals surface area (Å²) >= 11 is 1.92. The van der Waals surface area contributed by atoms with Crippen LogP contribution in [-0.2, 0) is 0 Å². The molecule has 1 aromatic rings. The molecule has 0 unspecified atom stereocenters. The number of nitro groups is 1. The first-order valence-electron chi connectivity index (χ1n) is 5.89. The Kier molecular flexibility index (Phi) is 4.09. The van der Waals surface area contributed by atoms with E-state index in [0.717, 1.165) is 12.8 Å². The van der Waals surface area contributed by atoms with Crippen molar-refractivity contribution in [3.05, 3.63) is 31.4 Å². The van der Waals surface area contributed by atoms with Crippen molar-refractivity contribution in [1.82, 2.24) is 0 Å². The second-order valence-corrected chi connectivity index (χ2v) is 5.96. The van der Waals surface area contributed by atoms with Crippen LogP contribution in [0.25, 0.3) is 0 Å². The van der Waals surface area contributed by atoms with Crippen molar-refractivity contribution in [3.63, 3.8) is 0 Å². The molecule has 0 amide bonds. The summed E-state index contributed by atoms with van der Waals surface area (Å²) in [7, 11) is 0. The van der Waals surface area contributed by atoms with Crippen molar-refractivity contribution < 1.29 is 9.66 Å². The Hall–Kier alpha value is -1.87. The van der Waals surface area contributed by atoms with E-state index in [1.807, 2.05) is 28.7 Å². The van der Waals surface area contributed by atoms with Crippen LogP contribution in [0.4, 0.5) is 5.69 Å². The van der Waals surface area contributed by atoms with Gasteiger partial charge in [0.05, 0.1) is 32.8 Å². The van der Waals surface area contributed by atoms with Gasteiger partial charge in [-0.15, -0.1) is 0 Å². The van der Waals surface area contributed by atoms with E-state index in [4.69, 9.17) is 15.3 Å². The molecule has 1 saturated carbocycles. The van der Waals surface area contributed by atoms with Crippen molar-refractivity contribution in [2.75, 3.05) is 6.61 Å². The van der Waals surface area contributed by atoms with Crippen LogP contribution < -0.4 is 4.74 Å². The summed E-state index contributed by atoms with van der Waals surface area (Å²) in [5, 5.41) is 28.7. The normalized spacial score (nSPS) is 14.9. The minimum absolute atomic E-state index is 0.153. The SMILES string of the molecule is N#CCC1(COc2c(I)cc(C#N)cc2[N+](=O)[O-])CC1. The average molecular weight is 383 g/mol. The molecule has 0 atom stereocenters. The third kappa shape index (κ3) is 2.99. The molecule has 6 nitrogen and oxygen atoms in total. The predicted octanol–water partition coefficient (Wildman–Crippen LogP) is 3.14. The van der Waals surface area contributed by atoms with E-state index in [1.165, 1.54) is 6.07 Å². The number of nitro benzene ring substituents is 1. The summed E-state index contributed by atoms with van der Waals surface area (Å²) in [4.78, 5) is 10.5. The molecule has 0 heterocycles. The van der Waals surface area contributed by atoms with Crippen LogP contribution in [0.5, 0.6) is 5.75 Å². The molecule has 102 valence electrons. The van der Waals surface area contributed by atoms with Gasteiger partial charge in [0.15, 0.2) is 0 Å². The number of hydrogen-bond donors (Lipinski definition) is 0. The monoisotopic (exact) mass is 383 g/mol. The lowest BCUT2D eigenvalue weighted by Gasteiger charge is -2.14. The summed E-state index contributed by atoms with van der Waals surface area (Å²) in [6.45, 7) is 0.295. The molecule has 0 aromatic heterocycles. The van der Waals surface area contributed by atoms with Crippen LogP contribution in [-0.4, -0.2) is 11.5 Å². The van der Waals surface area contributed by atoms with Gasteiger partial charge in [-0.3, -0.25) is 10.1 Å². The van der Waals surface area contributed by atoms with Crippen molar-refractivity contribution in [2.45, 2.75) is 19.3 Å². The number of hydrogen-bond acceptors (Lipinski definition) is 5. The molecule has 0 bridgehead atoms. The molecule has 0 N–H and O–H groups in total. The van der Waals surface area contributed by atoms with Crippen LogP contribution in [0.1, 0.15) is 24.8 Å². The highest BCUT2D eigenvalue weighted by atomic mass is 127. The van der Waals surface area contributed by atoms with E-state index < -0.39 is 4.92 Å². The minimum Gasteiger partial charge on any atom is -0.485 e. The molecule has 1 aliphatic carbocycles. The van der Waals surface area contributed by atoms with Gasteiger partial charge in [-0.1, -0.05) is 0 Å². The summed E-state index contributed by atoms with van der Waals surface area (Å²) in [5.41, 5.74) is -0.132. The molecule has 0 radical (unpaired) electrons. The number of rotatable bonds is 5. The fraction of sp³-hybridized carbons (Fsp3) is 0.385. The Morgan fingerprint density at radius 3 is 2.65 bits per heavy atom. The smallest absolute Gasteiger partial charge is 0.313 e. The highest BCUT2D eigenvalue weighted by Gasteiger charge is 2.43. The molecule has 7 heteroatoms. The topological polar surface area (TPSA) is 99.9 Å². The van der Waals surface area contributed by atoms with E-state index in [1.54, 1.807) is 6.07 Å². The van der Waals surface area contributed by atoms with Crippen molar-refractivity contribution in [2.24, 2.45) is 5.41 Å². The maximum absolute atomic E-state index is 11.1. The molecule has 0 spiro atoms. The zero-order valence-corrected chi connectivity index (χ0v) is 12.6. The van der Waals surface area contributed by atoms with Crippen LogP contribution in [0, 0.1) is 41.8 Å². The van der Waals surface area contributed by atoms with Gasteiger partial charge in [0.25, 0.3) is 0 Å². The second-order valence-electron chi connectivity index (χ2n) is 4.80. The van der Waals surface area contributed by atoms with Crippen LogP contribution in [0.2, 0.25) is 0 Å². The quantitative estimate of drug-likeness (QED) is 0.442. The van der Waals surface area contributed by atoms with Gasteiger partial charge in [-0.2, -0.15) is 10.5 Å². The predicted molar refractivity (Wildman–Crippen MR) is 77.9 cm³/mol. The standard InChI is InChI=1S/C13H10IN3O3/c14-10-5-9(7-16)6-11(17(18)19)12(10)20-8-13(1-2-13)3-4-15/h5-6H,1-3,8H2. The summed E-state index contributed by atoms with van der Waals surface area (Å²) in [6, 6.07) is 6.76. The third-order valence-electron chi connectivity index (χ3n) is 3.28. The van der Waals surface area contributed by atoms with Crippen molar-refractivity contribution in [3.8, 4) is 17.9 Å². The molecular formula is C13H10IN3O3. The Labute approximate surface area is 129 Å². The molecule has 1 fully saturated rings. The number of halogens is 1. The van der Waals surface area contributed by atoms with E-state index in [9.17, 15) is 10.1 Å². The second kappa shape index (κ2) is 5.63. The Balaban J connectivity index is 2.25. The van der Waals surface area contributed by atoms with Gasteiger partial charge >= 0.3 is 5.69 Å². The van der Waals surface area contributed by atoms with Gasteiger partial charge in [0.1, 0.15) is 0 Å². The van der Waals surface area contributed by atoms with Crippen LogP contribution >= 0.6 is 22.6 Å². The molecule has 1 aliphatic rings. The lowest BCUT2D eigenvalue weighted by Crippen LogP contribution is -2.14. The van der Waals surface area contributed by atoms with Gasteiger partial charge in [-0.25, -0.2) is 0 Å². The molecule has 2 rings (SSSR count). The highest BCUT2D eigenvalue weighted by Crippen LogP contribution is 2.49. The largest absolute Gasteiger partial charge is 0.485 e. The summed E-state index contributed by atoms with van der Waals surface area (Å²) in [5.74, 6) is 0.179. The van der Waals surface area contributed by atoms with Gasteiger partial charge in [-0.05, 0) is 41.5 Å². The molecule has 1 aromatic carbocycles. The fourth-order valence-electron chi connectivity index (χ4n) is 1.86. The number of benzene rings is 1. The van der Waals surface area contributed by atoms with Gasteiger partial charge in [0, 0.05) is 17.9 Å². The van der Waals surface area contributed by atoms with Gasteiger partial charge < -0.3 is 4.74 Å². The molecule has 20 heavy (non-hydrogen) atoms. The first-order chi connectivity index (χ1) is 9.51. The maximum atomic E-state index is 11.1. The highest BCUT2D eigenvalue weighted by molar-refractivity contribution is 14.1. The van der Waals surface area contributed by atoms with Crippen molar-refractivity contribution in [1.29, 1.82) is 10.5 Å². The maximum Gasteiger partial charge on any atom is 0.313 e. The van der Waals surface area contributed by atoms with Gasteiger partial charge in [0.2, 0.25) is 5.75 Å². The lowest BCUT2D eigenvalue weighted by atomic mass is 10.1. The molecule has 0 saturated heterocycles. The Morgan fingerprint density at radius 1 is 1.45 bits per heavy atom. The van der Waals surface area contributed by atoms with Crippen molar-refractivity contribution >= 4 is 28.3 Å². The zero-order chi connectivity index (χ0) is 14.8. The third-order valence-corrected chi connectivity index (χ3v) is 4.08. The van der Waals surface area contributed by atoms with Crippen LogP contribution in [0.3, 0.4) is 0 Å². The fourth-order valence-corrected chi connectivity index (χ4v) is 2.63. The number of ether oxygens (including phenoxy) is 1. The first kappa shape index (κ1) is 14.5. The molecule has 0 aliphatic heterocycles. The summed E-state index contributed by atoms with van der Waals surface area (Å²) < 4.78 is 6.13. The van der Waals surface area contributed by atoms with Crippen LogP contribution in [0.15, 0.2) is 12.1 Å². The summed E-state index contributed by atoms with van der Waals surface area (Å²) in [6.07, 6.45) is 2.20. The molecular weight excluding hydrogens is 373 g/mol. The lowest BCUT2D eigenvalue weighted by molar-refractivity contribution is -0.386. The van der Waals surface area contributed by atoms with E-state index in [2.05, 4.69) is 6.07 Å². The van der Waals surface area contributed by atoms with E-state index >= 15 is 0 Å². The van der Waals surface area contributed by atoms with E-state index in [0.29, 0.717) is 16.6 Å². The minimum atomic E-state index is -0.553. The Bertz CT molecular complexity index is 641. The van der Waals surface area contributed by atoms with E-state index in [-0.39, 0.29) is 22.4 Å². The zero-order valence-electron chi connectivity index (χ0n) is 10.4. The Morgan fingerprint density at radius 2 is 2.15 bits per heavy atom. The average Bonchev–Trinajstić information content (AvgIpc) is 3.17. The number of nitriles is 2. The number of nitrogens with zero attached hydrogens (tertiary/aromatic N) is 3.